The Morgan fingerprint density at radius 2 is 2.15 bits per heavy atom. The van der Waals surface area contributed by atoms with E-state index < -0.39 is 21.2 Å². The zero-order valence-electron chi connectivity index (χ0n) is 11.0. The number of benzene rings is 1. The van der Waals surface area contributed by atoms with Crippen LogP contribution < -0.4 is 4.72 Å². The molecule has 6 nitrogen and oxygen atoms in total. The maximum atomic E-state index is 11.8. The lowest BCUT2D eigenvalue weighted by atomic mass is 10.1. The van der Waals surface area contributed by atoms with Crippen molar-refractivity contribution < 1.29 is 18.3 Å². The van der Waals surface area contributed by atoms with E-state index in [2.05, 4.69) is 4.72 Å². The molecular weight excluding hydrogens is 280 g/mol. The number of aliphatic carboxylic acids is 1. The second kappa shape index (κ2) is 6.21. The lowest BCUT2D eigenvalue weighted by Crippen LogP contribution is -2.24. The number of nitriles is 1. The lowest BCUT2D eigenvalue weighted by Gasteiger charge is -2.12. The van der Waals surface area contributed by atoms with Gasteiger partial charge in [-0.3, -0.25) is 4.72 Å². The maximum Gasteiger partial charge on any atom is 0.328 e. The van der Waals surface area contributed by atoms with E-state index in [1.807, 2.05) is 0 Å². The Morgan fingerprint density at radius 3 is 2.70 bits per heavy atom. The molecule has 106 valence electrons. The number of carboxylic acid groups (broad SMARTS) is 1. The molecule has 2 N–H and O–H groups in total. The highest BCUT2D eigenvalue weighted by Crippen LogP contribution is 2.20. The van der Waals surface area contributed by atoms with Crippen LogP contribution in [0.15, 0.2) is 24.3 Å². The van der Waals surface area contributed by atoms with Crippen molar-refractivity contribution in [3.8, 4) is 6.07 Å². The summed E-state index contributed by atoms with van der Waals surface area (Å²) < 4.78 is 26.0. The molecular formula is C13H14N2O4S. The number of sulfonamides is 1. The van der Waals surface area contributed by atoms with Crippen molar-refractivity contribution in [2.45, 2.75) is 19.1 Å². The fourth-order valence-electron chi connectivity index (χ4n) is 1.33. The third kappa shape index (κ3) is 4.10. The topological polar surface area (TPSA) is 107 Å². The van der Waals surface area contributed by atoms with Gasteiger partial charge in [0.15, 0.2) is 5.25 Å². The van der Waals surface area contributed by atoms with Crippen LogP contribution in [0.5, 0.6) is 0 Å². The molecule has 0 fully saturated rings. The van der Waals surface area contributed by atoms with Crippen LogP contribution >= 0.6 is 0 Å². The summed E-state index contributed by atoms with van der Waals surface area (Å²) in [5.41, 5.74) is 1.53. The second-order valence-corrected chi connectivity index (χ2v) is 6.17. The van der Waals surface area contributed by atoms with Crippen LogP contribution in [0.4, 0.5) is 5.69 Å². The van der Waals surface area contributed by atoms with Gasteiger partial charge in [0.2, 0.25) is 10.0 Å². The summed E-state index contributed by atoms with van der Waals surface area (Å²) in [5.74, 6) is -1.09. The Hall–Kier alpha value is -2.33. The van der Waals surface area contributed by atoms with Gasteiger partial charge in [-0.25, -0.2) is 13.2 Å². The van der Waals surface area contributed by atoms with Crippen molar-refractivity contribution in [1.82, 2.24) is 0 Å². The van der Waals surface area contributed by atoms with Crippen LogP contribution in [0.3, 0.4) is 0 Å². The van der Waals surface area contributed by atoms with Crippen molar-refractivity contribution in [3.05, 3.63) is 35.4 Å². The molecule has 1 aromatic carbocycles. The first kappa shape index (κ1) is 15.7. The first-order valence-electron chi connectivity index (χ1n) is 5.69. The molecule has 0 saturated heterocycles. The zero-order valence-corrected chi connectivity index (χ0v) is 11.8. The number of nitrogens with zero attached hydrogens (tertiary/aromatic N) is 1. The third-order valence-corrected chi connectivity index (χ3v) is 4.12. The molecule has 1 aromatic rings. The van der Waals surface area contributed by atoms with E-state index in [9.17, 15) is 13.2 Å². The molecule has 1 unspecified atom stereocenters. The molecule has 0 aliphatic carbocycles. The van der Waals surface area contributed by atoms with Crippen molar-refractivity contribution in [3.63, 3.8) is 0 Å². The van der Waals surface area contributed by atoms with Gasteiger partial charge in [0.25, 0.3) is 0 Å². The van der Waals surface area contributed by atoms with E-state index in [1.54, 1.807) is 25.1 Å². The normalized spacial score (nSPS) is 12.8. The second-order valence-electron chi connectivity index (χ2n) is 4.16. The Labute approximate surface area is 117 Å². The average molecular weight is 294 g/mol. The highest BCUT2D eigenvalue weighted by atomic mass is 32.2. The van der Waals surface area contributed by atoms with Crippen LogP contribution in [0.1, 0.15) is 18.1 Å². The third-order valence-electron chi connectivity index (χ3n) is 2.58. The Balaban J connectivity index is 3.11. The van der Waals surface area contributed by atoms with Crippen molar-refractivity contribution >= 4 is 27.8 Å². The summed E-state index contributed by atoms with van der Waals surface area (Å²) >= 11 is 0. The van der Waals surface area contributed by atoms with Gasteiger partial charge in [0, 0.05) is 6.08 Å². The number of anilines is 1. The molecule has 0 radical (unpaired) electrons. The van der Waals surface area contributed by atoms with Crippen LogP contribution in [0, 0.1) is 18.3 Å². The molecule has 0 aromatic heterocycles. The number of aryl methyl sites for hydroxylation is 1. The van der Waals surface area contributed by atoms with Gasteiger partial charge in [0.05, 0.1) is 11.8 Å². The van der Waals surface area contributed by atoms with Crippen molar-refractivity contribution in [2.75, 3.05) is 4.72 Å². The van der Waals surface area contributed by atoms with Gasteiger partial charge in [-0.15, -0.1) is 0 Å². The standard InChI is InChI=1S/C13H14N2O4S/c1-9-3-4-11(5-6-13(16)17)7-12(9)15-20(18,19)10(2)8-14/h3-7,10,15H,1-2H3,(H,16,17). The summed E-state index contributed by atoms with van der Waals surface area (Å²) in [5, 5.41) is 16.0. The summed E-state index contributed by atoms with van der Waals surface area (Å²) in [7, 11) is -3.79. The smallest absolute Gasteiger partial charge is 0.328 e. The van der Waals surface area contributed by atoms with Gasteiger partial charge in [-0.1, -0.05) is 12.1 Å². The molecule has 0 heterocycles. The lowest BCUT2D eigenvalue weighted by molar-refractivity contribution is -0.131. The van der Waals surface area contributed by atoms with Crippen LogP contribution in [-0.4, -0.2) is 24.7 Å². The molecule has 0 aliphatic rings. The maximum absolute atomic E-state index is 11.8. The molecule has 0 bridgehead atoms. The molecule has 0 spiro atoms. The van der Waals surface area contributed by atoms with E-state index in [1.165, 1.54) is 19.1 Å². The van der Waals surface area contributed by atoms with Crippen LogP contribution in [0.2, 0.25) is 0 Å². The molecule has 20 heavy (non-hydrogen) atoms. The highest BCUT2D eigenvalue weighted by Gasteiger charge is 2.20. The van der Waals surface area contributed by atoms with Gasteiger partial charge in [-0.05, 0) is 37.1 Å². The van der Waals surface area contributed by atoms with E-state index in [4.69, 9.17) is 10.4 Å². The minimum atomic E-state index is -3.79. The largest absolute Gasteiger partial charge is 0.478 e. The van der Waals surface area contributed by atoms with Gasteiger partial charge in [-0.2, -0.15) is 5.26 Å². The first-order chi connectivity index (χ1) is 9.26. The number of carbonyl (C=O) groups is 1. The minimum Gasteiger partial charge on any atom is -0.478 e. The van der Waals surface area contributed by atoms with Gasteiger partial charge < -0.3 is 5.11 Å². The predicted molar refractivity (Wildman–Crippen MR) is 75.5 cm³/mol. The van der Waals surface area contributed by atoms with Crippen LogP contribution in [0.25, 0.3) is 6.08 Å². The van der Waals surface area contributed by atoms with E-state index in [0.717, 1.165) is 6.08 Å². The number of hydrogen-bond donors (Lipinski definition) is 2. The Kier molecular flexibility index (Phi) is 4.88. The molecule has 7 heteroatoms. The van der Waals surface area contributed by atoms with Crippen molar-refractivity contribution in [2.24, 2.45) is 0 Å². The monoisotopic (exact) mass is 294 g/mol. The zero-order chi connectivity index (χ0) is 15.3. The summed E-state index contributed by atoms with van der Waals surface area (Å²) in [4.78, 5) is 10.4. The van der Waals surface area contributed by atoms with E-state index in [-0.39, 0.29) is 0 Å². The number of rotatable bonds is 5. The Morgan fingerprint density at radius 1 is 1.50 bits per heavy atom. The van der Waals surface area contributed by atoms with Crippen molar-refractivity contribution in [1.29, 1.82) is 5.26 Å². The minimum absolute atomic E-state index is 0.319. The summed E-state index contributed by atoms with van der Waals surface area (Å²) in [6.45, 7) is 2.99. The molecule has 0 amide bonds. The number of hydrogen-bond acceptors (Lipinski definition) is 4. The van der Waals surface area contributed by atoms with Crippen LogP contribution in [-0.2, 0) is 14.8 Å². The highest BCUT2D eigenvalue weighted by molar-refractivity contribution is 7.93. The average Bonchev–Trinajstić information content (AvgIpc) is 2.38. The number of carboxylic acids is 1. The van der Waals surface area contributed by atoms with E-state index in [0.29, 0.717) is 16.8 Å². The quantitative estimate of drug-likeness (QED) is 0.804. The molecule has 0 saturated carbocycles. The summed E-state index contributed by atoms with van der Waals surface area (Å²) in [6, 6.07) is 6.50. The number of nitrogens with one attached hydrogen (secondary N) is 1. The Bertz CT molecular complexity index is 687. The predicted octanol–water partition coefficient (Wildman–Crippen LogP) is 1.75. The molecule has 0 aliphatic heterocycles. The SMILES string of the molecule is Cc1ccc(C=CC(=O)O)cc1NS(=O)(=O)C(C)C#N. The fourth-order valence-corrected chi connectivity index (χ4v) is 2.17. The summed E-state index contributed by atoms with van der Waals surface area (Å²) in [6.07, 6.45) is 2.31. The first-order valence-corrected chi connectivity index (χ1v) is 7.24. The fraction of sp³-hybridized carbons (Fsp3) is 0.231. The van der Waals surface area contributed by atoms with Gasteiger partial charge in [0.1, 0.15) is 0 Å². The molecule has 1 atom stereocenters. The van der Waals surface area contributed by atoms with E-state index >= 15 is 0 Å². The molecule has 1 rings (SSSR count). The van der Waals surface area contributed by atoms with Gasteiger partial charge >= 0.3 is 5.97 Å².